The zero-order valence-electron chi connectivity index (χ0n) is 15.5. The van der Waals surface area contributed by atoms with Gasteiger partial charge in [0.1, 0.15) is 5.78 Å². The molecule has 1 heterocycles. The number of nitro benzene ring substituents is 1. The van der Waals surface area contributed by atoms with Crippen LogP contribution in [0.2, 0.25) is 0 Å². The van der Waals surface area contributed by atoms with Gasteiger partial charge in [-0.05, 0) is 31.7 Å². The number of para-hydroxylation sites is 1. The molecular weight excluding hydrogens is 340 g/mol. The van der Waals surface area contributed by atoms with Crippen LogP contribution in [0.1, 0.15) is 49.8 Å². The van der Waals surface area contributed by atoms with Crippen molar-refractivity contribution in [1.29, 1.82) is 0 Å². The highest BCUT2D eigenvalue weighted by Gasteiger charge is 2.57. The first kappa shape index (κ1) is 17.9. The first-order chi connectivity index (χ1) is 13.1. The molecule has 3 atom stereocenters. The van der Waals surface area contributed by atoms with Crippen LogP contribution in [0.3, 0.4) is 0 Å². The summed E-state index contributed by atoms with van der Waals surface area (Å²) in [5.74, 6) is 0.163. The molecule has 1 saturated carbocycles. The minimum atomic E-state index is -0.759. The monoisotopic (exact) mass is 364 g/mol. The summed E-state index contributed by atoms with van der Waals surface area (Å²) in [4.78, 5) is 27.0. The van der Waals surface area contributed by atoms with Gasteiger partial charge in [0.2, 0.25) is 0 Å². The van der Waals surface area contributed by atoms with E-state index in [1.807, 2.05) is 24.3 Å². The second-order valence-electron chi connectivity index (χ2n) is 7.65. The number of likely N-dealkylation sites (tertiary alicyclic amines) is 1. The Balaban J connectivity index is 1.79. The fraction of sp³-hybridized carbons (Fsp3) is 0.409. The summed E-state index contributed by atoms with van der Waals surface area (Å²) >= 11 is 0. The average Bonchev–Trinajstić information content (AvgIpc) is 3.10. The Morgan fingerprint density at radius 3 is 2.59 bits per heavy atom. The van der Waals surface area contributed by atoms with Crippen LogP contribution in [0.25, 0.3) is 0 Å². The zero-order chi connectivity index (χ0) is 19.0. The highest BCUT2D eigenvalue weighted by atomic mass is 16.6. The van der Waals surface area contributed by atoms with Gasteiger partial charge < -0.3 is 0 Å². The molecule has 2 fully saturated rings. The summed E-state index contributed by atoms with van der Waals surface area (Å²) < 4.78 is 0. The average molecular weight is 364 g/mol. The van der Waals surface area contributed by atoms with Crippen molar-refractivity contribution in [2.24, 2.45) is 0 Å². The maximum absolute atomic E-state index is 13.2. The lowest BCUT2D eigenvalue weighted by molar-refractivity contribution is -0.386. The molecule has 27 heavy (non-hydrogen) atoms. The number of carbonyl (C=O) groups is 1. The molecule has 4 rings (SSSR count). The third-order valence-electron chi connectivity index (χ3n) is 6.47. The molecule has 1 saturated heterocycles. The minimum Gasteiger partial charge on any atom is -0.299 e. The Labute approximate surface area is 159 Å². The molecule has 140 valence electrons. The number of nitro groups is 1. The SMILES string of the molecule is C[C@@H](c1ccccc1)N1CC[C@]2(c3ccccc3[N+](=O)[O-])C(=O)CCC[C@H]12. The molecule has 2 aromatic carbocycles. The number of hydrogen-bond acceptors (Lipinski definition) is 4. The number of rotatable bonds is 4. The van der Waals surface area contributed by atoms with E-state index in [4.69, 9.17) is 0 Å². The van der Waals surface area contributed by atoms with Crippen LogP contribution in [0.5, 0.6) is 0 Å². The predicted octanol–water partition coefficient (Wildman–Crippen LogP) is 4.42. The summed E-state index contributed by atoms with van der Waals surface area (Å²) in [6.07, 6.45) is 2.91. The molecule has 2 aliphatic rings. The summed E-state index contributed by atoms with van der Waals surface area (Å²) in [6.45, 7) is 2.95. The third kappa shape index (κ3) is 2.77. The molecule has 5 nitrogen and oxygen atoms in total. The molecule has 1 aliphatic heterocycles. The van der Waals surface area contributed by atoms with Crippen LogP contribution in [-0.4, -0.2) is 28.2 Å². The van der Waals surface area contributed by atoms with Crippen LogP contribution in [0.15, 0.2) is 54.6 Å². The van der Waals surface area contributed by atoms with Crippen molar-refractivity contribution >= 4 is 11.5 Å². The van der Waals surface area contributed by atoms with Gasteiger partial charge in [-0.1, -0.05) is 48.5 Å². The van der Waals surface area contributed by atoms with E-state index >= 15 is 0 Å². The molecule has 0 spiro atoms. The summed E-state index contributed by atoms with van der Waals surface area (Å²) in [7, 11) is 0. The van der Waals surface area contributed by atoms with E-state index < -0.39 is 5.41 Å². The van der Waals surface area contributed by atoms with Crippen molar-refractivity contribution in [1.82, 2.24) is 4.90 Å². The van der Waals surface area contributed by atoms with E-state index in [1.54, 1.807) is 12.1 Å². The molecule has 5 heteroatoms. The van der Waals surface area contributed by atoms with Gasteiger partial charge in [0.25, 0.3) is 5.69 Å². The van der Waals surface area contributed by atoms with Gasteiger partial charge in [-0.2, -0.15) is 0 Å². The number of fused-ring (bicyclic) bond motifs is 1. The standard InChI is InChI=1S/C22H24N2O3/c1-16(17-8-3-2-4-9-17)23-15-14-22(20(23)12-7-13-21(22)25)18-10-5-6-11-19(18)24(26)27/h2-6,8-11,16,20H,7,12-15H2,1H3/t16-,20-,22+/m0/s1. The zero-order valence-corrected chi connectivity index (χ0v) is 15.5. The highest BCUT2D eigenvalue weighted by molar-refractivity contribution is 5.93. The maximum atomic E-state index is 13.2. The lowest BCUT2D eigenvalue weighted by Gasteiger charge is -2.42. The second-order valence-corrected chi connectivity index (χ2v) is 7.65. The normalized spacial score (nSPS) is 26.6. The molecule has 0 bridgehead atoms. The number of ketones is 1. The number of Topliss-reactive ketones (excluding diaryl/α,β-unsaturated/α-hetero) is 1. The predicted molar refractivity (Wildman–Crippen MR) is 104 cm³/mol. The number of nitrogens with zero attached hydrogens (tertiary/aromatic N) is 2. The fourth-order valence-electron chi connectivity index (χ4n) is 5.19. The summed E-state index contributed by atoms with van der Waals surface area (Å²) in [5.41, 5.74) is 1.14. The van der Waals surface area contributed by atoms with Crippen molar-refractivity contribution in [2.75, 3.05) is 6.54 Å². The van der Waals surface area contributed by atoms with E-state index in [0.717, 1.165) is 19.4 Å². The Kier molecular flexibility index (Phi) is 4.56. The van der Waals surface area contributed by atoms with Crippen molar-refractivity contribution in [3.63, 3.8) is 0 Å². The lowest BCUT2D eigenvalue weighted by Crippen LogP contribution is -2.51. The van der Waals surface area contributed by atoms with Crippen LogP contribution in [-0.2, 0) is 10.2 Å². The minimum absolute atomic E-state index is 0.00931. The maximum Gasteiger partial charge on any atom is 0.273 e. The van der Waals surface area contributed by atoms with E-state index in [-0.39, 0.29) is 28.5 Å². The van der Waals surface area contributed by atoms with Crippen LogP contribution >= 0.6 is 0 Å². The van der Waals surface area contributed by atoms with Gasteiger partial charge in [-0.3, -0.25) is 19.8 Å². The van der Waals surface area contributed by atoms with Gasteiger partial charge in [0, 0.05) is 36.7 Å². The smallest absolute Gasteiger partial charge is 0.273 e. The van der Waals surface area contributed by atoms with E-state index in [0.29, 0.717) is 18.4 Å². The topological polar surface area (TPSA) is 63.4 Å². The first-order valence-corrected chi connectivity index (χ1v) is 9.63. The Hall–Kier alpha value is -2.53. The molecule has 0 unspecified atom stereocenters. The molecule has 0 N–H and O–H groups in total. The summed E-state index contributed by atoms with van der Waals surface area (Å²) in [5, 5.41) is 11.7. The Morgan fingerprint density at radius 1 is 1.15 bits per heavy atom. The molecule has 2 aromatic rings. The summed E-state index contributed by atoms with van der Waals surface area (Å²) in [6, 6.07) is 17.3. The van der Waals surface area contributed by atoms with Crippen molar-refractivity contribution in [3.05, 3.63) is 75.8 Å². The van der Waals surface area contributed by atoms with Gasteiger partial charge in [0.15, 0.2) is 0 Å². The van der Waals surface area contributed by atoms with Crippen LogP contribution in [0, 0.1) is 10.1 Å². The Morgan fingerprint density at radius 2 is 1.85 bits per heavy atom. The molecule has 0 aromatic heterocycles. The van der Waals surface area contributed by atoms with E-state index in [1.165, 1.54) is 11.6 Å². The fourth-order valence-corrected chi connectivity index (χ4v) is 5.19. The van der Waals surface area contributed by atoms with Crippen molar-refractivity contribution in [3.8, 4) is 0 Å². The van der Waals surface area contributed by atoms with Gasteiger partial charge in [-0.25, -0.2) is 0 Å². The largest absolute Gasteiger partial charge is 0.299 e. The molecule has 1 aliphatic carbocycles. The quantitative estimate of drug-likeness (QED) is 0.595. The van der Waals surface area contributed by atoms with Gasteiger partial charge in [-0.15, -0.1) is 0 Å². The van der Waals surface area contributed by atoms with Gasteiger partial charge in [0.05, 0.1) is 10.3 Å². The highest BCUT2D eigenvalue weighted by Crippen LogP contribution is 2.51. The van der Waals surface area contributed by atoms with E-state index in [9.17, 15) is 14.9 Å². The lowest BCUT2D eigenvalue weighted by atomic mass is 9.64. The van der Waals surface area contributed by atoms with Crippen molar-refractivity contribution < 1.29 is 9.72 Å². The first-order valence-electron chi connectivity index (χ1n) is 9.63. The second kappa shape index (κ2) is 6.89. The number of carbonyl (C=O) groups excluding carboxylic acids is 1. The van der Waals surface area contributed by atoms with Crippen LogP contribution < -0.4 is 0 Å². The third-order valence-corrected chi connectivity index (χ3v) is 6.47. The molecular formula is C22H24N2O3. The number of hydrogen-bond donors (Lipinski definition) is 0. The molecule has 0 amide bonds. The molecule has 0 radical (unpaired) electrons. The number of benzene rings is 2. The Bertz CT molecular complexity index is 867. The van der Waals surface area contributed by atoms with Crippen molar-refractivity contribution in [2.45, 2.75) is 50.1 Å². The van der Waals surface area contributed by atoms with E-state index in [2.05, 4.69) is 24.0 Å². The van der Waals surface area contributed by atoms with Crippen LogP contribution in [0.4, 0.5) is 5.69 Å². The van der Waals surface area contributed by atoms with Gasteiger partial charge >= 0.3 is 0 Å².